The van der Waals surface area contributed by atoms with Crippen molar-refractivity contribution in [2.24, 2.45) is 5.92 Å². The first-order valence-electron chi connectivity index (χ1n) is 14.3. The lowest BCUT2D eigenvalue weighted by molar-refractivity contribution is 0.0954. The Bertz CT molecular complexity index is 1570. The van der Waals surface area contributed by atoms with Gasteiger partial charge in [-0.3, -0.25) is 9.78 Å². The number of carbonyl (C=O) groups excluding carboxylic acids is 1. The van der Waals surface area contributed by atoms with E-state index in [0.717, 1.165) is 65.1 Å². The van der Waals surface area contributed by atoms with Crippen molar-refractivity contribution in [1.82, 2.24) is 15.3 Å². The van der Waals surface area contributed by atoms with Crippen molar-refractivity contribution in [3.63, 3.8) is 0 Å². The van der Waals surface area contributed by atoms with E-state index in [9.17, 15) is 4.79 Å². The van der Waals surface area contributed by atoms with Crippen LogP contribution in [-0.4, -0.2) is 22.4 Å². The monoisotopic (exact) mass is 539 g/mol. The number of rotatable bonds is 9. The van der Waals surface area contributed by atoms with Crippen LogP contribution in [0, 0.1) is 5.92 Å². The zero-order chi connectivity index (χ0) is 27.9. The summed E-state index contributed by atoms with van der Waals surface area (Å²) >= 11 is 0. The average Bonchev–Trinajstić information content (AvgIpc) is 3.48. The number of hydrogen-bond donors (Lipinski definition) is 1. The van der Waals surface area contributed by atoms with Crippen LogP contribution < -0.4 is 5.32 Å². The van der Waals surface area contributed by atoms with Gasteiger partial charge in [0.1, 0.15) is 5.69 Å². The fourth-order valence-corrected chi connectivity index (χ4v) is 5.51. The molecular formula is C36H33N3O2. The van der Waals surface area contributed by atoms with E-state index in [0.29, 0.717) is 24.4 Å². The third-order valence-electron chi connectivity index (χ3n) is 7.58. The summed E-state index contributed by atoms with van der Waals surface area (Å²) in [6.45, 7) is 0.549. The third-order valence-corrected chi connectivity index (χ3v) is 7.58. The second-order valence-corrected chi connectivity index (χ2v) is 10.4. The van der Waals surface area contributed by atoms with Gasteiger partial charge in [-0.15, -0.1) is 0 Å². The van der Waals surface area contributed by atoms with Crippen molar-refractivity contribution in [2.45, 2.75) is 32.1 Å². The summed E-state index contributed by atoms with van der Waals surface area (Å²) in [5, 5.41) is 3.04. The Labute approximate surface area is 241 Å². The molecule has 204 valence electrons. The molecule has 1 aliphatic rings. The maximum absolute atomic E-state index is 12.9. The van der Waals surface area contributed by atoms with Gasteiger partial charge < -0.3 is 9.73 Å². The van der Waals surface area contributed by atoms with Crippen LogP contribution in [0.1, 0.15) is 46.8 Å². The highest BCUT2D eigenvalue weighted by Crippen LogP contribution is 2.40. The van der Waals surface area contributed by atoms with Gasteiger partial charge in [0.05, 0.1) is 0 Å². The molecule has 5 heteroatoms. The number of amides is 1. The molecule has 5 aromatic rings. The minimum atomic E-state index is -0.0603. The largest absolute Gasteiger partial charge is 0.436 e. The quantitative estimate of drug-likeness (QED) is 0.207. The van der Waals surface area contributed by atoms with E-state index >= 15 is 0 Å². The summed E-state index contributed by atoms with van der Waals surface area (Å²) in [6, 6.07) is 34.2. The first-order chi connectivity index (χ1) is 20.2. The van der Waals surface area contributed by atoms with Gasteiger partial charge in [0, 0.05) is 47.1 Å². The molecule has 0 saturated carbocycles. The van der Waals surface area contributed by atoms with Crippen LogP contribution >= 0.6 is 0 Å². The lowest BCUT2D eigenvalue weighted by Gasteiger charge is -2.22. The van der Waals surface area contributed by atoms with Gasteiger partial charge in [0.25, 0.3) is 5.91 Å². The van der Waals surface area contributed by atoms with Gasteiger partial charge in [-0.25, -0.2) is 4.98 Å². The predicted octanol–water partition coefficient (Wildman–Crippen LogP) is 7.80. The Balaban J connectivity index is 1.21. The van der Waals surface area contributed by atoms with Crippen molar-refractivity contribution in [3.8, 4) is 22.6 Å². The Hall–Kier alpha value is -4.77. The molecule has 0 unspecified atom stereocenters. The molecule has 0 radical (unpaired) electrons. The Morgan fingerprint density at radius 2 is 1.66 bits per heavy atom. The number of aromatic nitrogens is 2. The molecule has 0 fully saturated rings. The van der Waals surface area contributed by atoms with E-state index in [1.54, 1.807) is 6.20 Å². The van der Waals surface area contributed by atoms with Crippen LogP contribution in [0.5, 0.6) is 0 Å². The number of hydrogen-bond acceptors (Lipinski definition) is 4. The van der Waals surface area contributed by atoms with E-state index < -0.39 is 0 Å². The van der Waals surface area contributed by atoms with E-state index in [2.05, 4.69) is 46.7 Å². The molecular weight excluding hydrogens is 506 g/mol. The normalized spacial score (nSPS) is 14.8. The lowest BCUT2D eigenvalue weighted by atomic mass is 9.83. The highest BCUT2D eigenvalue weighted by molar-refractivity contribution is 5.94. The highest BCUT2D eigenvalue weighted by Gasteiger charge is 2.26. The molecule has 1 atom stereocenters. The minimum absolute atomic E-state index is 0.0603. The smallest absolute Gasteiger partial charge is 0.251 e. The Morgan fingerprint density at radius 3 is 2.44 bits per heavy atom. The number of oxazole rings is 1. The molecule has 1 aliphatic carbocycles. The van der Waals surface area contributed by atoms with Crippen LogP contribution in [0.15, 0.2) is 120 Å². The first kappa shape index (κ1) is 26.5. The number of allylic oxidation sites excluding steroid dienone is 2. The fourth-order valence-electron chi connectivity index (χ4n) is 5.51. The minimum Gasteiger partial charge on any atom is -0.436 e. The van der Waals surface area contributed by atoms with Gasteiger partial charge >= 0.3 is 0 Å². The zero-order valence-electron chi connectivity index (χ0n) is 23.0. The lowest BCUT2D eigenvalue weighted by Crippen LogP contribution is -2.26. The van der Waals surface area contributed by atoms with E-state index in [1.165, 1.54) is 0 Å². The van der Waals surface area contributed by atoms with Crippen LogP contribution in [0.2, 0.25) is 0 Å². The van der Waals surface area contributed by atoms with E-state index in [4.69, 9.17) is 9.40 Å². The van der Waals surface area contributed by atoms with Crippen molar-refractivity contribution in [1.29, 1.82) is 0 Å². The first-order valence-corrected chi connectivity index (χ1v) is 14.3. The SMILES string of the molecule is O=C(NCCc1ccccn1)c1cccc(C[C@@H]2CCCC=C2c2nc(-c3ccccc3)c(-c3ccccc3)o2)c1. The van der Waals surface area contributed by atoms with Crippen LogP contribution in [0.3, 0.4) is 0 Å². The zero-order valence-corrected chi connectivity index (χ0v) is 23.0. The van der Waals surface area contributed by atoms with Crippen molar-refractivity contribution >= 4 is 11.5 Å². The van der Waals surface area contributed by atoms with Crippen molar-refractivity contribution < 1.29 is 9.21 Å². The van der Waals surface area contributed by atoms with Gasteiger partial charge in [0.15, 0.2) is 5.76 Å². The molecule has 0 bridgehead atoms. The van der Waals surface area contributed by atoms with Gasteiger partial charge in [-0.1, -0.05) is 84.9 Å². The molecule has 1 amide bonds. The molecule has 0 aliphatic heterocycles. The van der Waals surface area contributed by atoms with Crippen LogP contribution in [0.4, 0.5) is 0 Å². The number of pyridine rings is 1. The second kappa shape index (κ2) is 12.6. The summed E-state index contributed by atoms with van der Waals surface area (Å²) < 4.78 is 6.56. The average molecular weight is 540 g/mol. The molecule has 2 heterocycles. The molecule has 3 aromatic carbocycles. The van der Waals surface area contributed by atoms with Gasteiger partial charge in [-0.05, 0) is 61.4 Å². The van der Waals surface area contributed by atoms with E-state index in [-0.39, 0.29) is 11.8 Å². The Morgan fingerprint density at radius 1 is 0.878 bits per heavy atom. The van der Waals surface area contributed by atoms with Crippen LogP contribution in [-0.2, 0) is 12.8 Å². The summed E-state index contributed by atoms with van der Waals surface area (Å²) in [5.41, 5.74) is 6.85. The highest BCUT2D eigenvalue weighted by atomic mass is 16.4. The maximum Gasteiger partial charge on any atom is 0.251 e. The van der Waals surface area contributed by atoms with E-state index in [1.807, 2.05) is 72.8 Å². The summed E-state index contributed by atoms with van der Waals surface area (Å²) in [4.78, 5) is 22.3. The second-order valence-electron chi connectivity index (χ2n) is 10.4. The summed E-state index contributed by atoms with van der Waals surface area (Å²) in [7, 11) is 0. The molecule has 0 saturated heterocycles. The standard InChI is InChI=1S/C36H33N3O2/c40-35(38-23-21-31-19-9-10-22-37-31)30-18-11-12-26(25-30)24-29-17-7-8-20-32(29)36-39-33(27-13-3-1-4-14-27)34(41-36)28-15-5-2-6-16-28/h1-6,9-16,18-20,22,25,29H,7-8,17,21,23-24H2,(H,38,40)/t29-/m0/s1. The molecule has 41 heavy (non-hydrogen) atoms. The van der Waals surface area contributed by atoms with Crippen LogP contribution in [0.25, 0.3) is 28.2 Å². The predicted molar refractivity (Wildman–Crippen MR) is 163 cm³/mol. The van der Waals surface area contributed by atoms with Gasteiger partial charge in [-0.2, -0.15) is 0 Å². The topological polar surface area (TPSA) is 68.0 Å². The fraction of sp³-hybridized carbons (Fsp3) is 0.194. The van der Waals surface area contributed by atoms with Crippen molar-refractivity contribution in [3.05, 3.63) is 138 Å². The summed E-state index contributed by atoms with van der Waals surface area (Å²) in [5.74, 6) is 1.68. The molecule has 6 rings (SSSR count). The number of benzene rings is 3. The maximum atomic E-state index is 12.9. The van der Waals surface area contributed by atoms with Crippen molar-refractivity contribution in [2.75, 3.05) is 6.54 Å². The van der Waals surface area contributed by atoms with Gasteiger partial charge in [0.2, 0.25) is 5.89 Å². The summed E-state index contributed by atoms with van der Waals surface area (Å²) in [6.07, 6.45) is 8.78. The Kier molecular flexibility index (Phi) is 8.13. The number of nitrogens with zero attached hydrogens (tertiary/aromatic N) is 2. The number of nitrogens with one attached hydrogen (secondary N) is 1. The molecule has 1 N–H and O–H groups in total. The molecule has 2 aromatic heterocycles. The third kappa shape index (κ3) is 6.36. The molecule has 0 spiro atoms. The number of carbonyl (C=O) groups is 1. The molecule has 5 nitrogen and oxygen atoms in total.